The highest BCUT2D eigenvalue weighted by Gasteiger charge is 2.32. The summed E-state index contributed by atoms with van der Waals surface area (Å²) in [4.78, 5) is 44.1. The summed E-state index contributed by atoms with van der Waals surface area (Å²) in [6.07, 6.45) is 3.15. The van der Waals surface area contributed by atoms with Crippen LogP contribution < -0.4 is 20.7 Å². The first-order valence-electron chi connectivity index (χ1n) is 10.2. The third-order valence-electron chi connectivity index (χ3n) is 6.00. The van der Waals surface area contributed by atoms with Gasteiger partial charge in [0.2, 0.25) is 0 Å². The zero-order valence-corrected chi connectivity index (χ0v) is 17.3. The van der Waals surface area contributed by atoms with Crippen LogP contribution in [-0.2, 0) is 14.1 Å². The second kappa shape index (κ2) is 7.26. The molecule has 9 heteroatoms. The number of benzene rings is 1. The van der Waals surface area contributed by atoms with Crippen molar-refractivity contribution >= 4 is 16.9 Å². The van der Waals surface area contributed by atoms with Gasteiger partial charge < -0.3 is 14.4 Å². The number of carbonyl (C=O) groups is 1. The molecule has 2 aliphatic heterocycles. The van der Waals surface area contributed by atoms with Gasteiger partial charge in [0.25, 0.3) is 11.5 Å². The van der Waals surface area contributed by atoms with E-state index in [0.717, 1.165) is 23.0 Å². The molecule has 0 bridgehead atoms. The average Bonchev–Trinajstić information content (AvgIpc) is 3.30. The number of amides is 1. The summed E-state index contributed by atoms with van der Waals surface area (Å²) in [5, 5.41) is 0.241. The number of nitrogens with zero attached hydrogens (tertiary/aromatic N) is 4. The van der Waals surface area contributed by atoms with Crippen molar-refractivity contribution in [1.29, 1.82) is 0 Å². The van der Waals surface area contributed by atoms with E-state index in [2.05, 4.69) is 4.98 Å². The van der Waals surface area contributed by atoms with Gasteiger partial charge in [-0.1, -0.05) is 6.07 Å². The van der Waals surface area contributed by atoms with Gasteiger partial charge in [-0.2, -0.15) is 0 Å². The standard InChI is InChI=1S/C22H22N4O5/c1-24-19-15(21(28)25(2)22(24)29)10-14(12-23-19)20(27)26-7-3-4-16(26)13-5-6-17-18(11-13)31-9-8-30-17/h5-6,10-12,16H,3-4,7-9H2,1-2H3/t16-/m1/s1. The molecule has 3 aromatic rings. The van der Waals surface area contributed by atoms with Gasteiger partial charge >= 0.3 is 5.69 Å². The third kappa shape index (κ3) is 3.08. The van der Waals surface area contributed by atoms with Crippen LogP contribution in [-0.4, -0.2) is 44.7 Å². The lowest BCUT2D eigenvalue weighted by Gasteiger charge is -2.27. The summed E-state index contributed by atoms with van der Waals surface area (Å²) >= 11 is 0. The number of likely N-dealkylation sites (tertiary alicyclic amines) is 1. The largest absolute Gasteiger partial charge is 0.486 e. The summed E-state index contributed by atoms with van der Waals surface area (Å²) in [6.45, 7) is 1.64. The monoisotopic (exact) mass is 422 g/mol. The van der Waals surface area contributed by atoms with E-state index in [1.807, 2.05) is 18.2 Å². The highest BCUT2D eigenvalue weighted by atomic mass is 16.6. The summed E-state index contributed by atoms with van der Waals surface area (Å²) in [7, 11) is 2.97. The van der Waals surface area contributed by atoms with Crippen molar-refractivity contribution in [3.63, 3.8) is 0 Å². The number of pyridine rings is 1. The van der Waals surface area contributed by atoms with Crippen molar-refractivity contribution in [2.45, 2.75) is 18.9 Å². The topological polar surface area (TPSA) is 95.7 Å². The molecule has 1 amide bonds. The Morgan fingerprint density at radius 3 is 2.65 bits per heavy atom. The molecule has 0 radical (unpaired) electrons. The maximum Gasteiger partial charge on any atom is 0.332 e. The Labute approximate surface area is 177 Å². The van der Waals surface area contributed by atoms with E-state index < -0.39 is 11.2 Å². The molecule has 5 rings (SSSR count). The highest BCUT2D eigenvalue weighted by molar-refractivity contribution is 5.97. The predicted octanol–water partition coefficient (Wildman–Crippen LogP) is 1.38. The van der Waals surface area contributed by atoms with E-state index in [-0.39, 0.29) is 23.0 Å². The molecule has 0 N–H and O–H groups in total. The SMILES string of the molecule is Cn1c(=O)c2cc(C(=O)N3CCC[C@@H]3c3ccc4c(c3)OCCO4)cnc2n(C)c1=O. The van der Waals surface area contributed by atoms with Crippen molar-refractivity contribution in [2.75, 3.05) is 19.8 Å². The first-order valence-corrected chi connectivity index (χ1v) is 10.2. The van der Waals surface area contributed by atoms with Gasteiger partial charge in [-0.05, 0) is 36.6 Å². The van der Waals surface area contributed by atoms with Crippen molar-refractivity contribution in [3.05, 3.63) is 62.4 Å². The van der Waals surface area contributed by atoms with Gasteiger partial charge in [-0.25, -0.2) is 9.78 Å². The smallest absolute Gasteiger partial charge is 0.332 e. The molecule has 0 aliphatic carbocycles. The van der Waals surface area contributed by atoms with Crippen LogP contribution in [0.1, 0.15) is 34.8 Å². The van der Waals surface area contributed by atoms with Gasteiger partial charge in [0.1, 0.15) is 18.9 Å². The average molecular weight is 422 g/mol. The normalized spacial score (nSPS) is 17.9. The first kappa shape index (κ1) is 19.3. The molecule has 2 aromatic heterocycles. The Morgan fingerprint density at radius 1 is 1.06 bits per heavy atom. The van der Waals surface area contributed by atoms with Crippen LogP contribution in [0.25, 0.3) is 11.0 Å². The second-order valence-electron chi connectivity index (χ2n) is 7.86. The number of fused-ring (bicyclic) bond motifs is 2. The summed E-state index contributed by atoms with van der Waals surface area (Å²) in [6, 6.07) is 7.23. The van der Waals surface area contributed by atoms with Gasteiger partial charge in [0.15, 0.2) is 11.5 Å². The lowest BCUT2D eigenvalue weighted by atomic mass is 10.0. The summed E-state index contributed by atoms with van der Waals surface area (Å²) in [5.41, 5.74) is 0.650. The van der Waals surface area contributed by atoms with E-state index in [4.69, 9.17) is 9.47 Å². The number of hydrogen-bond donors (Lipinski definition) is 0. The van der Waals surface area contributed by atoms with Crippen molar-refractivity contribution in [1.82, 2.24) is 19.0 Å². The fraction of sp³-hybridized carbons (Fsp3) is 0.364. The van der Waals surface area contributed by atoms with Crippen LogP contribution in [0.3, 0.4) is 0 Å². The molecule has 1 aromatic carbocycles. The van der Waals surface area contributed by atoms with E-state index in [0.29, 0.717) is 36.8 Å². The predicted molar refractivity (Wildman–Crippen MR) is 113 cm³/mol. The van der Waals surface area contributed by atoms with Gasteiger partial charge in [-0.3, -0.25) is 18.7 Å². The molecular weight excluding hydrogens is 400 g/mol. The van der Waals surface area contributed by atoms with E-state index >= 15 is 0 Å². The van der Waals surface area contributed by atoms with E-state index in [1.54, 1.807) is 11.9 Å². The highest BCUT2D eigenvalue weighted by Crippen LogP contribution is 2.38. The van der Waals surface area contributed by atoms with Crippen LogP contribution in [0.5, 0.6) is 11.5 Å². The zero-order chi connectivity index (χ0) is 21.7. The minimum atomic E-state index is -0.468. The summed E-state index contributed by atoms with van der Waals surface area (Å²) < 4.78 is 13.6. The maximum atomic E-state index is 13.4. The van der Waals surface area contributed by atoms with Gasteiger partial charge in [0, 0.05) is 26.8 Å². The molecule has 160 valence electrons. The number of ether oxygens (including phenoxy) is 2. The molecule has 31 heavy (non-hydrogen) atoms. The molecule has 9 nitrogen and oxygen atoms in total. The molecular formula is C22H22N4O5. The van der Waals surface area contributed by atoms with Crippen molar-refractivity contribution in [2.24, 2.45) is 14.1 Å². The van der Waals surface area contributed by atoms with Crippen molar-refractivity contribution < 1.29 is 14.3 Å². The lowest BCUT2D eigenvalue weighted by Crippen LogP contribution is -2.37. The molecule has 2 aliphatic rings. The Balaban J connectivity index is 1.51. The maximum absolute atomic E-state index is 13.4. The van der Waals surface area contributed by atoms with Crippen LogP contribution in [0.2, 0.25) is 0 Å². The van der Waals surface area contributed by atoms with Gasteiger partial charge in [-0.15, -0.1) is 0 Å². The first-order chi connectivity index (χ1) is 15.0. The Bertz CT molecular complexity index is 1330. The minimum absolute atomic E-state index is 0.0954. The van der Waals surface area contributed by atoms with E-state index in [1.165, 1.54) is 23.9 Å². The number of aromatic nitrogens is 3. The number of rotatable bonds is 2. The Morgan fingerprint density at radius 2 is 1.84 bits per heavy atom. The van der Waals surface area contributed by atoms with Crippen LogP contribution in [0, 0.1) is 0 Å². The van der Waals surface area contributed by atoms with Crippen LogP contribution in [0.4, 0.5) is 0 Å². The Hall–Kier alpha value is -3.62. The lowest BCUT2D eigenvalue weighted by molar-refractivity contribution is 0.0735. The van der Waals surface area contributed by atoms with Crippen LogP contribution in [0.15, 0.2) is 40.1 Å². The Kier molecular flexibility index (Phi) is 4.53. The van der Waals surface area contributed by atoms with E-state index in [9.17, 15) is 14.4 Å². The van der Waals surface area contributed by atoms with Gasteiger partial charge in [0.05, 0.1) is 17.0 Å². The number of carbonyl (C=O) groups excluding carboxylic acids is 1. The molecule has 1 atom stereocenters. The zero-order valence-electron chi connectivity index (χ0n) is 17.3. The molecule has 1 saturated heterocycles. The summed E-state index contributed by atoms with van der Waals surface area (Å²) in [5.74, 6) is 1.22. The number of aryl methyl sites for hydroxylation is 1. The fourth-order valence-electron chi connectivity index (χ4n) is 4.37. The third-order valence-corrected chi connectivity index (χ3v) is 6.00. The molecule has 4 heterocycles. The molecule has 0 saturated carbocycles. The fourth-order valence-corrected chi connectivity index (χ4v) is 4.37. The molecule has 0 unspecified atom stereocenters. The molecule has 0 spiro atoms. The second-order valence-corrected chi connectivity index (χ2v) is 7.86. The van der Waals surface area contributed by atoms with Crippen molar-refractivity contribution in [3.8, 4) is 11.5 Å². The molecule has 1 fully saturated rings. The van der Waals surface area contributed by atoms with Crippen LogP contribution >= 0.6 is 0 Å². The minimum Gasteiger partial charge on any atom is -0.486 e. The quantitative estimate of drug-likeness (QED) is 0.619. The number of hydrogen-bond acceptors (Lipinski definition) is 6.